The van der Waals surface area contributed by atoms with Gasteiger partial charge in [-0.3, -0.25) is 14.7 Å². The van der Waals surface area contributed by atoms with Crippen molar-refractivity contribution in [1.29, 1.82) is 0 Å². The van der Waals surface area contributed by atoms with Crippen molar-refractivity contribution in [3.63, 3.8) is 0 Å². The van der Waals surface area contributed by atoms with Crippen molar-refractivity contribution >= 4 is 22.8 Å². The van der Waals surface area contributed by atoms with Gasteiger partial charge in [-0.05, 0) is 11.6 Å². The van der Waals surface area contributed by atoms with Crippen LogP contribution < -0.4 is 0 Å². The van der Waals surface area contributed by atoms with Crippen LogP contribution in [0.4, 0.5) is 0 Å². The Morgan fingerprint density at radius 2 is 1.81 bits per heavy atom. The Hall–Kier alpha value is -3.15. The molecule has 4 rings (SSSR count). The fraction of sp³-hybridized carbons (Fsp3) is 0.250. The van der Waals surface area contributed by atoms with Gasteiger partial charge in [-0.1, -0.05) is 48.5 Å². The number of para-hydroxylation sites is 1. The Labute approximate surface area is 150 Å². The van der Waals surface area contributed by atoms with Crippen LogP contribution in [0.15, 0.2) is 54.6 Å². The molecule has 0 radical (unpaired) electrons. The highest BCUT2D eigenvalue weighted by Crippen LogP contribution is 2.33. The van der Waals surface area contributed by atoms with E-state index in [1.54, 1.807) is 4.90 Å². The third kappa shape index (κ3) is 2.94. The van der Waals surface area contributed by atoms with E-state index in [0.29, 0.717) is 6.54 Å². The van der Waals surface area contributed by atoms with Crippen molar-refractivity contribution in [2.75, 3.05) is 13.1 Å². The molecule has 0 bridgehead atoms. The van der Waals surface area contributed by atoms with Crippen molar-refractivity contribution in [2.24, 2.45) is 5.92 Å². The molecule has 1 saturated heterocycles. The van der Waals surface area contributed by atoms with Gasteiger partial charge < -0.3 is 10.0 Å². The van der Waals surface area contributed by atoms with Gasteiger partial charge in [0.25, 0.3) is 0 Å². The molecule has 2 aromatic carbocycles. The maximum absolute atomic E-state index is 12.8. The van der Waals surface area contributed by atoms with E-state index in [1.165, 1.54) is 0 Å². The molecule has 1 aliphatic rings. The summed E-state index contributed by atoms with van der Waals surface area (Å²) in [5.41, 5.74) is 2.55. The number of aromatic nitrogens is 2. The molecule has 0 spiro atoms. The van der Waals surface area contributed by atoms with Crippen molar-refractivity contribution in [3.8, 4) is 0 Å². The van der Waals surface area contributed by atoms with Crippen LogP contribution in [-0.4, -0.2) is 45.2 Å². The molecule has 1 fully saturated rings. The molecular weight excluding hydrogens is 330 g/mol. The minimum atomic E-state index is -0.860. The number of rotatable bonds is 4. The number of carboxylic acids is 1. The molecule has 1 amide bonds. The van der Waals surface area contributed by atoms with Gasteiger partial charge in [0.05, 0.1) is 23.5 Å². The first-order chi connectivity index (χ1) is 12.6. The van der Waals surface area contributed by atoms with Gasteiger partial charge in [0.2, 0.25) is 5.91 Å². The summed E-state index contributed by atoms with van der Waals surface area (Å²) in [6, 6.07) is 17.2. The van der Waals surface area contributed by atoms with E-state index in [1.807, 2.05) is 54.6 Å². The highest BCUT2D eigenvalue weighted by atomic mass is 16.4. The zero-order valence-corrected chi connectivity index (χ0v) is 14.1. The third-order valence-electron chi connectivity index (χ3n) is 5.09. The van der Waals surface area contributed by atoms with Gasteiger partial charge in [0.15, 0.2) is 0 Å². The summed E-state index contributed by atoms with van der Waals surface area (Å²) in [6.45, 7) is 0.658. The Morgan fingerprint density at radius 3 is 2.58 bits per heavy atom. The normalized spacial score (nSPS) is 19.8. The summed E-state index contributed by atoms with van der Waals surface area (Å²) in [5.74, 6) is -1.71. The van der Waals surface area contributed by atoms with Crippen LogP contribution in [0.2, 0.25) is 0 Å². The number of aromatic amines is 1. The topological polar surface area (TPSA) is 86.3 Å². The van der Waals surface area contributed by atoms with Crippen LogP contribution in [0.1, 0.15) is 17.2 Å². The van der Waals surface area contributed by atoms with Crippen molar-refractivity contribution in [2.45, 2.75) is 12.3 Å². The number of carboxylic acid groups (broad SMARTS) is 1. The number of likely N-dealkylation sites (tertiary alicyclic amines) is 1. The molecule has 6 heteroatoms. The first-order valence-electron chi connectivity index (χ1n) is 8.61. The average molecular weight is 349 g/mol. The predicted octanol–water partition coefficient (Wildman–Crippen LogP) is 2.43. The van der Waals surface area contributed by atoms with Crippen LogP contribution in [0, 0.1) is 5.92 Å². The number of H-pyrrole nitrogens is 1. The van der Waals surface area contributed by atoms with E-state index in [9.17, 15) is 14.7 Å². The van der Waals surface area contributed by atoms with Crippen LogP contribution >= 0.6 is 0 Å². The van der Waals surface area contributed by atoms with E-state index in [-0.39, 0.29) is 24.8 Å². The highest BCUT2D eigenvalue weighted by Gasteiger charge is 2.40. The van der Waals surface area contributed by atoms with Crippen LogP contribution in [-0.2, 0) is 16.0 Å². The van der Waals surface area contributed by atoms with E-state index < -0.39 is 11.9 Å². The molecule has 0 saturated carbocycles. The minimum absolute atomic E-state index is 0.0796. The smallest absolute Gasteiger partial charge is 0.308 e. The summed E-state index contributed by atoms with van der Waals surface area (Å²) in [4.78, 5) is 26.1. The van der Waals surface area contributed by atoms with Crippen molar-refractivity contribution in [3.05, 3.63) is 65.9 Å². The lowest BCUT2D eigenvalue weighted by molar-refractivity contribution is -0.141. The quantitative estimate of drug-likeness (QED) is 0.757. The first-order valence-corrected chi connectivity index (χ1v) is 8.61. The maximum atomic E-state index is 12.8. The summed E-state index contributed by atoms with van der Waals surface area (Å²) in [5, 5.41) is 17.7. The number of nitrogens with one attached hydrogen (secondary N) is 1. The first kappa shape index (κ1) is 16.3. The molecule has 1 aliphatic heterocycles. The zero-order chi connectivity index (χ0) is 18.1. The van der Waals surface area contributed by atoms with Gasteiger partial charge in [-0.2, -0.15) is 5.10 Å². The number of benzene rings is 2. The second-order valence-electron chi connectivity index (χ2n) is 6.66. The lowest BCUT2D eigenvalue weighted by Gasteiger charge is -2.16. The number of fused-ring (bicyclic) bond motifs is 1. The third-order valence-corrected chi connectivity index (χ3v) is 5.09. The Bertz CT molecular complexity index is 951. The molecule has 3 aromatic rings. The van der Waals surface area contributed by atoms with E-state index in [2.05, 4.69) is 10.2 Å². The number of nitrogens with zero attached hydrogens (tertiary/aromatic N) is 2. The van der Waals surface area contributed by atoms with Gasteiger partial charge in [-0.15, -0.1) is 0 Å². The Balaban J connectivity index is 1.54. The number of hydrogen-bond acceptors (Lipinski definition) is 3. The summed E-state index contributed by atoms with van der Waals surface area (Å²) in [6.07, 6.45) is 0.189. The van der Waals surface area contributed by atoms with Crippen LogP contribution in [0.25, 0.3) is 10.9 Å². The molecular formula is C20H19N3O3. The Kier molecular flexibility index (Phi) is 4.16. The van der Waals surface area contributed by atoms with Gasteiger partial charge >= 0.3 is 5.97 Å². The molecule has 6 nitrogen and oxygen atoms in total. The highest BCUT2D eigenvalue weighted by molar-refractivity contribution is 5.88. The predicted molar refractivity (Wildman–Crippen MR) is 96.7 cm³/mol. The lowest BCUT2D eigenvalue weighted by Crippen LogP contribution is -2.31. The second-order valence-corrected chi connectivity index (χ2v) is 6.66. The molecule has 0 aliphatic carbocycles. The van der Waals surface area contributed by atoms with E-state index >= 15 is 0 Å². The van der Waals surface area contributed by atoms with Crippen molar-refractivity contribution in [1.82, 2.24) is 15.1 Å². The zero-order valence-electron chi connectivity index (χ0n) is 14.1. The lowest BCUT2D eigenvalue weighted by atomic mass is 9.89. The van der Waals surface area contributed by atoms with Gasteiger partial charge in [0.1, 0.15) is 0 Å². The SMILES string of the molecule is O=C(O)[C@@H]1CN(C(=O)Cc2[nH]nc3ccccc23)C[C@@H]1c1ccccc1. The summed E-state index contributed by atoms with van der Waals surface area (Å²) >= 11 is 0. The minimum Gasteiger partial charge on any atom is -0.481 e. The number of carbonyl (C=O) groups excluding carboxylic acids is 1. The number of hydrogen-bond donors (Lipinski definition) is 2. The largest absolute Gasteiger partial charge is 0.481 e. The fourth-order valence-corrected chi connectivity index (χ4v) is 3.71. The second kappa shape index (κ2) is 6.63. The molecule has 2 heterocycles. The maximum Gasteiger partial charge on any atom is 0.308 e. The molecule has 1 aromatic heterocycles. The van der Waals surface area contributed by atoms with Crippen LogP contribution in [0.5, 0.6) is 0 Å². The molecule has 0 unspecified atom stereocenters. The monoisotopic (exact) mass is 349 g/mol. The molecule has 26 heavy (non-hydrogen) atoms. The van der Waals surface area contributed by atoms with E-state index in [4.69, 9.17) is 0 Å². The number of aliphatic carboxylic acids is 1. The van der Waals surface area contributed by atoms with E-state index in [0.717, 1.165) is 22.2 Å². The average Bonchev–Trinajstić information content (AvgIpc) is 3.28. The molecule has 2 atom stereocenters. The van der Waals surface area contributed by atoms with Gasteiger partial charge in [0, 0.05) is 24.4 Å². The Morgan fingerprint density at radius 1 is 1.08 bits per heavy atom. The fourth-order valence-electron chi connectivity index (χ4n) is 3.71. The standard InChI is InChI=1S/C20H19N3O3/c24-19(10-18-14-8-4-5-9-17(14)21-22-18)23-11-15(16(12-23)20(25)26)13-6-2-1-3-7-13/h1-9,15-16H,10-12H2,(H,21,22)(H,25,26)/t15-,16-/m1/s1. The number of carbonyl (C=O) groups is 2. The van der Waals surface area contributed by atoms with Crippen LogP contribution in [0.3, 0.4) is 0 Å². The molecule has 132 valence electrons. The number of amides is 1. The van der Waals surface area contributed by atoms with Gasteiger partial charge in [-0.25, -0.2) is 0 Å². The van der Waals surface area contributed by atoms with Crippen molar-refractivity contribution < 1.29 is 14.7 Å². The summed E-state index contributed by atoms with van der Waals surface area (Å²) < 4.78 is 0. The molecule has 2 N–H and O–H groups in total. The summed E-state index contributed by atoms with van der Waals surface area (Å²) in [7, 11) is 0.